The predicted octanol–water partition coefficient (Wildman–Crippen LogP) is 6.50. The van der Waals surface area contributed by atoms with Gasteiger partial charge in [-0.3, -0.25) is 0 Å². The van der Waals surface area contributed by atoms with E-state index >= 15 is 0 Å². The highest BCUT2D eigenvalue weighted by molar-refractivity contribution is 5.93. The molecule has 1 N–H and O–H groups in total. The van der Waals surface area contributed by atoms with Crippen molar-refractivity contribution < 1.29 is 9.53 Å². The second kappa shape index (κ2) is 11.2. The Morgan fingerprint density at radius 2 is 1.60 bits per heavy atom. The molecule has 0 atom stereocenters. The molecule has 0 heterocycles. The lowest BCUT2D eigenvalue weighted by atomic mass is 10.1. The summed E-state index contributed by atoms with van der Waals surface area (Å²) in [7, 11) is 0. The van der Waals surface area contributed by atoms with Crippen molar-refractivity contribution in [3.63, 3.8) is 0 Å². The number of ether oxygens (including phenoxy) is 1. The van der Waals surface area contributed by atoms with E-state index in [1.165, 1.54) is 51.4 Å². The SMILES string of the molecule is CCCCCCCCCCNc1cccc(C(=O)OC(C)(C)C)c1C. The third kappa shape index (κ3) is 8.94. The first-order valence-electron chi connectivity index (χ1n) is 9.92. The number of carbonyl (C=O) groups excluding carboxylic acids is 1. The Labute approximate surface area is 154 Å². The van der Waals surface area contributed by atoms with Crippen LogP contribution in [0.25, 0.3) is 0 Å². The first kappa shape index (κ1) is 21.5. The quantitative estimate of drug-likeness (QED) is 0.366. The fraction of sp³-hybridized carbons (Fsp3) is 0.682. The van der Waals surface area contributed by atoms with Crippen molar-refractivity contribution in [2.75, 3.05) is 11.9 Å². The van der Waals surface area contributed by atoms with Crippen LogP contribution < -0.4 is 5.32 Å². The van der Waals surface area contributed by atoms with Crippen molar-refractivity contribution >= 4 is 11.7 Å². The summed E-state index contributed by atoms with van der Waals surface area (Å²) in [5, 5.41) is 3.47. The Morgan fingerprint density at radius 3 is 2.20 bits per heavy atom. The van der Waals surface area contributed by atoms with Crippen LogP contribution in [0.3, 0.4) is 0 Å². The van der Waals surface area contributed by atoms with Crippen LogP contribution in [-0.2, 0) is 4.74 Å². The molecule has 0 aliphatic carbocycles. The molecular weight excluding hydrogens is 310 g/mol. The highest BCUT2D eigenvalue weighted by Crippen LogP contribution is 2.22. The lowest BCUT2D eigenvalue weighted by Crippen LogP contribution is -2.24. The summed E-state index contributed by atoms with van der Waals surface area (Å²) in [6.07, 6.45) is 10.5. The lowest BCUT2D eigenvalue weighted by Gasteiger charge is -2.21. The van der Waals surface area contributed by atoms with E-state index in [1.807, 2.05) is 45.9 Å². The molecule has 0 radical (unpaired) electrons. The van der Waals surface area contributed by atoms with E-state index in [2.05, 4.69) is 12.2 Å². The van der Waals surface area contributed by atoms with E-state index in [0.29, 0.717) is 5.56 Å². The van der Waals surface area contributed by atoms with Crippen LogP contribution in [0.1, 0.15) is 95.0 Å². The van der Waals surface area contributed by atoms with E-state index < -0.39 is 5.60 Å². The van der Waals surface area contributed by atoms with Crippen molar-refractivity contribution in [3.8, 4) is 0 Å². The lowest BCUT2D eigenvalue weighted by molar-refractivity contribution is 0.00688. The third-order valence-corrected chi connectivity index (χ3v) is 4.30. The average molecular weight is 348 g/mol. The first-order valence-corrected chi connectivity index (χ1v) is 9.92. The molecule has 3 nitrogen and oxygen atoms in total. The van der Waals surface area contributed by atoms with Gasteiger partial charge in [0.25, 0.3) is 0 Å². The molecule has 0 aliphatic rings. The smallest absolute Gasteiger partial charge is 0.338 e. The van der Waals surface area contributed by atoms with Gasteiger partial charge in [0.05, 0.1) is 5.56 Å². The Morgan fingerprint density at radius 1 is 1.00 bits per heavy atom. The fourth-order valence-electron chi connectivity index (χ4n) is 2.86. The van der Waals surface area contributed by atoms with Crippen molar-refractivity contribution in [1.29, 1.82) is 0 Å². The number of hydrogen-bond donors (Lipinski definition) is 1. The highest BCUT2D eigenvalue weighted by atomic mass is 16.6. The minimum absolute atomic E-state index is 0.249. The Hall–Kier alpha value is -1.51. The van der Waals surface area contributed by atoms with E-state index in [1.54, 1.807) is 0 Å². The maximum Gasteiger partial charge on any atom is 0.338 e. The molecule has 0 bridgehead atoms. The van der Waals surface area contributed by atoms with Gasteiger partial charge in [-0.2, -0.15) is 0 Å². The van der Waals surface area contributed by atoms with Gasteiger partial charge in [-0.05, 0) is 51.8 Å². The molecule has 1 aromatic rings. The number of anilines is 1. The number of hydrogen-bond acceptors (Lipinski definition) is 3. The molecule has 0 spiro atoms. The molecule has 0 fully saturated rings. The number of nitrogens with one attached hydrogen (secondary N) is 1. The number of rotatable bonds is 11. The van der Waals surface area contributed by atoms with Gasteiger partial charge in [-0.15, -0.1) is 0 Å². The Bertz CT molecular complexity index is 517. The van der Waals surface area contributed by atoms with Gasteiger partial charge in [0.1, 0.15) is 5.60 Å². The standard InChI is InChI=1S/C22H37NO2/c1-6-7-8-9-10-11-12-13-17-23-20-16-14-15-19(18(20)2)21(24)25-22(3,4)5/h14-16,23H,6-13,17H2,1-5H3. The molecule has 0 saturated carbocycles. The van der Waals surface area contributed by atoms with Gasteiger partial charge in [-0.25, -0.2) is 4.79 Å². The van der Waals surface area contributed by atoms with Gasteiger partial charge < -0.3 is 10.1 Å². The zero-order chi connectivity index (χ0) is 18.7. The van der Waals surface area contributed by atoms with Crippen LogP contribution in [0, 0.1) is 6.92 Å². The molecule has 0 amide bonds. The Kier molecular flexibility index (Phi) is 9.62. The monoisotopic (exact) mass is 347 g/mol. The zero-order valence-corrected chi connectivity index (χ0v) is 16.9. The van der Waals surface area contributed by atoms with Gasteiger partial charge in [0.2, 0.25) is 0 Å². The molecule has 0 aromatic heterocycles. The molecular formula is C22H37NO2. The van der Waals surface area contributed by atoms with Crippen molar-refractivity contribution in [3.05, 3.63) is 29.3 Å². The minimum Gasteiger partial charge on any atom is -0.456 e. The van der Waals surface area contributed by atoms with Gasteiger partial charge in [-0.1, -0.05) is 57.9 Å². The van der Waals surface area contributed by atoms with Crippen LogP contribution in [0.4, 0.5) is 5.69 Å². The second-order valence-corrected chi connectivity index (χ2v) is 7.88. The summed E-state index contributed by atoms with van der Waals surface area (Å²) in [4.78, 5) is 12.3. The zero-order valence-electron chi connectivity index (χ0n) is 16.9. The summed E-state index contributed by atoms with van der Waals surface area (Å²) in [6, 6.07) is 5.79. The number of carbonyl (C=O) groups is 1. The summed E-state index contributed by atoms with van der Waals surface area (Å²) in [5.74, 6) is -0.249. The van der Waals surface area contributed by atoms with Gasteiger partial charge >= 0.3 is 5.97 Å². The average Bonchev–Trinajstić information content (AvgIpc) is 2.53. The molecule has 3 heteroatoms. The van der Waals surface area contributed by atoms with E-state index in [9.17, 15) is 4.79 Å². The van der Waals surface area contributed by atoms with Crippen LogP contribution in [0.5, 0.6) is 0 Å². The molecule has 0 aliphatic heterocycles. The molecule has 0 unspecified atom stereocenters. The molecule has 0 saturated heterocycles. The molecule has 142 valence electrons. The topological polar surface area (TPSA) is 38.3 Å². The molecule has 1 aromatic carbocycles. The summed E-state index contributed by atoms with van der Waals surface area (Å²) in [6.45, 7) is 10.9. The van der Waals surface area contributed by atoms with Gasteiger partial charge in [0.15, 0.2) is 0 Å². The normalized spacial score (nSPS) is 11.4. The van der Waals surface area contributed by atoms with Crippen LogP contribution in [-0.4, -0.2) is 18.1 Å². The first-order chi connectivity index (χ1) is 11.8. The second-order valence-electron chi connectivity index (χ2n) is 7.88. The fourth-order valence-corrected chi connectivity index (χ4v) is 2.86. The largest absolute Gasteiger partial charge is 0.456 e. The summed E-state index contributed by atoms with van der Waals surface area (Å²) < 4.78 is 5.49. The third-order valence-electron chi connectivity index (χ3n) is 4.30. The van der Waals surface area contributed by atoms with Gasteiger partial charge in [0, 0.05) is 12.2 Å². The van der Waals surface area contributed by atoms with E-state index in [-0.39, 0.29) is 5.97 Å². The maximum absolute atomic E-state index is 12.3. The number of esters is 1. The van der Waals surface area contributed by atoms with E-state index in [0.717, 1.165) is 17.8 Å². The van der Waals surface area contributed by atoms with E-state index in [4.69, 9.17) is 4.74 Å². The maximum atomic E-state index is 12.3. The highest BCUT2D eigenvalue weighted by Gasteiger charge is 2.20. The van der Waals surface area contributed by atoms with Crippen LogP contribution in [0.2, 0.25) is 0 Å². The number of unbranched alkanes of at least 4 members (excludes halogenated alkanes) is 7. The molecule has 1 rings (SSSR count). The number of benzene rings is 1. The van der Waals surface area contributed by atoms with Crippen molar-refractivity contribution in [2.45, 2.75) is 91.6 Å². The minimum atomic E-state index is -0.468. The van der Waals surface area contributed by atoms with Crippen LogP contribution >= 0.6 is 0 Å². The molecule has 25 heavy (non-hydrogen) atoms. The predicted molar refractivity (Wildman–Crippen MR) is 107 cm³/mol. The van der Waals surface area contributed by atoms with Crippen molar-refractivity contribution in [1.82, 2.24) is 0 Å². The van der Waals surface area contributed by atoms with Crippen LogP contribution in [0.15, 0.2) is 18.2 Å². The Balaban J connectivity index is 2.37. The summed E-state index contributed by atoms with van der Waals surface area (Å²) in [5.41, 5.74) is 2.18. The van der Waals surface area contributed by atoms with Crippen molar-refractivity contribution in [2.24, 2.45) is 0 Å². The summed E-state index contributed by atoms with van der Waals surface area (Å²) >= 11 is 0.